The molecule has 1 spiro atoms. The number of epoxide rings is 2. The molecule has 4 aliphatic rings. The number of carbonyl (C=O) groups excluding carboxylic acids is 5. The highest BCUT2D eigenvalue weighted by Gasteiger charge is 2.72. The van der Waals surface area contributed by atoms with Gasteiger partial charge in [-0.25, -0.2) is 0 Å². The molecule has 0 aromatic carbocycles. The van der Waals surface area contributed by atoms with Gasteiger partial charge >= 0.3 is 5.97 Å². The highest BCUT2D eigenvalue weighted by atomic mass is 16.6. The van der Waals surface area contributed by atoms with E-state index in [1.165, 1.54) is 5.57 Å². The smallest absolute Gasteiger partial charge is 0.306 e. The molecular formula is C33H52N4O9. The molecule has 0 radical (unpaired) electrons. The van der Waals surface area contributed by atoms with Gasteiger partial charge in [0.15, 0.2) is 0 Å². The number of aldehydes is 1. The molecule has 2 heterocycles. The van der Waals surface area contributed by atoms with Crippen molar-refractivity contribution in [3.05, 3.63) is 11.6 Å². The standard InChI is InChI=1S/C33H52N4O9/c1-21(2)5-10-25-32(3,46-25)31-30(43-4)24(11-13-33(31)20-44-33)45-29(42)17-22-6-8-23(9-7-22)37-26(39)12-14-34-18-27(40)36-19-28(41)35-15-16-38/h5,16,22-25,30-31,34H,6-15,17-20H2,1-4H3,(H,35,41)(H,36,40)(H,37,39)/t22?,23?,24?,25-,30?,31?,32?,33+/m1/s1. The second kappa shape index (κ2) is 16.3. The van der Waals surface area contributed by atoms with Crippen molar-refractivity contribution in [2.24, 2.45) is 11.8 Å². The Bertz CT molecular complexity index is 1130. The molecule has 13 heteroatoms. The fourth-order valence-electron chi connectivity index (χ4n) is 7.20. The van der Waals surface area contributed by atoms with Crippen LogP contribution >= 0.6 is 0 Å². The minimum atomic E-state index is -0.451. The maximum Gasteiger partial charge on any atom is 0.306 e. The van der Waals surface area contributed by atoms with E-state index in [0.29, 0.717) is 32.3 Å². The SMILES string of the molecule is COC1C(OC(=O)CC2CCC(NC(=O)CCNCC(=O)NCC(=O)NCC=O)CC2)CC[C@]2(CO2)C1C1(C)O[C@@H]1CC=C(C)C. The molecule has 3 amide bonds. The first kappa shape index (κ1) is 36.0. The lowest BCUT2D eigenvalue weighted by Gasteiger charge is -2.42. The van der Waals surface area contributed by atoms with Gasteiger partial charge in [-0.05, 0) is 71.6 Å². The van der Waals surface area contributed by atoms with Gasteiger partial charge in [-0.1, -0.05) is 11.6 Å². The summed E-state index contributed by atoms with van der Waals surface area (Å²) in [5.74, 6) is -0.936. The van der Waals surface area contributed by atoms with E-state index >= 15 is 0 Å². The topological polar surface area (TPSA) is 177 Å². The third-order valence-corrected chi connectivity index (χ3v) is 9.83. The van der Waals surface area contributed by atoms with Gasteiger partial charge in [0.1, 0.15) is 29.7 Å². The number of hydrogen-bond acceptors (Lipinski definition) is 10. The van der Waals surface area contributed by atoms with Crippen molar-refractivity contribution in [1.29, 1.82) is 0 Å². The molecule has 13 nitrogen and oxygen atoms in total. The van der Waals surface area contributed by atoms with Crippen LogP contribution in [-0.2, 0) is 42.9 Å². The van der Waals surface area contributed by atoms with Crippen LogP contribution in [-0.4, -0.2) is 105 Å². The predicted molar refractivity (Wildman–Crippen MR) is 167 cm³/mol. The van der Waals surface area contributed by atoms with E-state index in [9.17, 15) is 24.0 Å². The normalized spacial score (nSPS) is 33.0. The van der Waals surface area contributed by atoms with Gasteiger partial charge in [0.25, 0.3) is 0 Å². The summed E-state index contributed by atoms with van der Waals surface area (Å²) in [4.78, 5) is 59.0. The molecule has 0 aromatic rings. The predicted octanol–water partition coefficient (Wildman–Crippen LogP) is 1.08. The summed E-state index contributed by atoms with van der Waals surface area (Å²) in [5, 5.41) is 10.7. The number of rotatable bonds is 17. The largest absolute Gasteiger partial charge is 0.460 e. The molecule has 46 heavy (non-hydrogen) atoms. The lowest BCUT2D eigenvalue weighted by atomic mass is 9.68. The van der Waals surface area contributed by atoms with Crippen LogP contribution in [0.15, 0.2) is 11.6 Å². The van der Waals surface area contributed by atoms with Crippen LogP contribution < -0.4 is 21.3 Å². The van der Waals surface area contributed by atoms with E-state index in [0.717, 1.165) is 38.5 Å². The van der Waals surface area contributed by atoms with Gasteiger partial charge in [0.2, 0.25) is 17.7 Å². The van der Waals surface area contributed by atoms with E-state index in [1.807, 2.05) is 0 Å². The van der Waals surface area contributed by atoms with E-state index in [-0.39, 0.29) is 91.2 Å². The van der Waals surface area contributed by atoms with Crippen molar-refractivity contribution < 1.29 is 42.9 Å². The number of ether oxygens (including phenoxy) is 4. The highest BCUT2D eigenvalue weighted by molar-refractivity contribution is 5.86. The summed E-state index contributed by atoms with van der Waals surface area (Å²) in [6.45, 7) is 6.97. The average Bonchev–Trinajstić information content (AvgIpc) is 3.94. The van der Waals surface area contributed by atoms with Crippen LogP contribution in [0.25, 0.3) is 0 Å². The van der Waals surface area contributed by atoms with Gasteiger partial charge in [0, 0.05) is 32.5 Å². The zero-order chi connectivity index (χ0) is 33.3. The molecule has 4 rings (SSSR count). The molecule has 4 unspecified atom stereocenters. The van der Waals surface area contributed by atoms with Crippen molar-refractivity contribution in [2.75, 3.05) is 39.9 Å². The zero-order valence-corrected chi connectivity index (χ0v) is 27.7. The molecule has 6 atom stereocenters. The van der Waals surface area contributed by atoms with Crippen LogP contribution in [0.2, 0.25) is 0 Å². The summed E-state index contributed by atoms with van der Waals surface area (Å²) in [6, 6.07) is 0.0539. The van der Waals surface area contributed by atoms with Crippen molar-refractivity contribution in [2.45, 2.75) is 114 Å². The number of hydrogen-bond donors (Lipinski definition) is 4. The molecule has 2 aliphatic carbocycles. The number of amides is 3. The molecular weight excluding hydrogens is 596 g/mol. The van der Waals surface area contributed by atoms with Crippen LogP contribution in [0.1, 0.15) is 78.6 Å². The van der Waals surface area contributed by atoms with E-state index in [1.54, 1.807) is 7.11 Å². The molecule has 4 fully saturated rings. The Labute approximate surface area is 271 Å². The van der Waals surface area contributed by atoms with Gasteiger partial charge in [-0.2, -0.15) is 0 Å². The molecule has 0 aromatic heterocycles. The Morgan fingerprint density at radius 3 is 2.35 bits per heavy atom. The summed E-state index contributed by atoms with van der Waals surface area (Å²) < 4.78 is 24.4. The summed E-state index contributed by atoms with van der Waals surface area (Å²) in [5.41, 5.74) is 0.625. The second-order valence-electron chi connectivity index (χ2n) is 13.6. The van der Waals surface area contributed by atoms with Crippen LogP contribution in [0.3, 0.4) is 0 Å². The Morgan fingerprint density at radius 2 is 1.70 bits per heavy atom. The Hall–Kier alpha value is -2.87. The maximum atomic E-state index is 13.1. The number of carbonyl (C=O) groups is 5. The minimum absolute atomic E-state index is 0.00772. The van der Waals surface area contributed by atoms with Crippen LogP contribution in [0.4, 0.5) is 0 Å². The molecule has 258 valence electrons. The third kappa shape index (κ3) is 9.82. The summed E-state index contributed by atoms with van der Waals surface area (Å²) >= 11 is 0. The first-order valence-corrected chi connectivity index (χ1v) is 16.6. The van der Waals surface area contributed by atoms with E-state index in [2.05, 4.69) is 48.1 Å². The van der Waals surface area contributed by atoms with Gasteiger partial charge in [-0.15, -0.1) is 0 Å². The first-order valence-electron chi connectivity index (χ1n) is 16.6. The van der Waals surface area contributed by atoms with Crippen molar-refractivity contribution in [1.82, 2.24) is 21.3 Å². The number of nitrogens with one attached hydrogen (secondary N) is 4. The Morgan fingerprint density at radius 1 is 0.978 bits per heavy atom. The van der Waals surface area contributed by atoms with Gasteiger partial charge in [-0.3, -0.25) is 19.2 Å². The quantitative estimate of drug-likeness (QED) is 0.0587. The molecule has 2 aliphatic heterocycles. The van der Waals surface area contributed by atoms with Gasteiger partial charge in [0.05, 0.1) is 38.3 Å². The lowest BCUT2D eigenvalue weighted by molar-refractivity contribution is -0.173. The Kier molecular flexibility index (Phi) is 12.7. The average molecular weight is 649 g/mol. The minimum Gasteiger partial charge on any atom is -0.460 e. The molecule has 2 saturated carbocycles. The number of esters is 1. The van der Waals surface area contributed by atoms with Crippen molar-refractivity contribution in [3.8, 4) is 0 Å². The maximum absolute atomic E-state index is 13.1. The number of allylic oxidation sites excluding steroid dienone is 1. The Balaban J connectivity index is 1.12. The van der Waals surface area contributed by atoms with Gasteiger partial charge < -0.3 is 45.0 Å². The van der Waals surface area contributed by atoms with Crippen molar-refractivity contribution in [3.63, 3.8) is 0 Å². The monoisotopic (exact) mass is 648 g/mol. The molecule has 2 saturated heterocycles. The van der Waals surface area contributed by atoms with Crippen LogP contribution in [0, 0.1) is 11.8 Å². The summed E-state index contributed by atoms with van der Waals surface area (Å²) in [6.07, 6.45) is 8.40. The first-order chi connectivity index (χ1) is 22.0. The highest BCUT2D eigenvalue weighted by Crippen LogP contribution is 2.59. The zero-order valence-electron chi connectivity index (χ0n) is 27.7. The fraction of sp³-hybridized carbons (Fsp3) is 0.788. The molecule has 4 N–H and O–H groups in total. The molecule has 0 bridgehead atoms. The summed E-state index contributed by atoms with van der Waals surface area (Å²) in [7, 11) is 1.68. The second-order valence-corrected chi connectivity index (χ2v) is 13.6. The van der Waals surface area contributed by atoms with E-state index in [4.69, 9.17) is 18.9 Å². The van der Waals surface area contributed by atoms with E-state index < -0.39 is 5.91 Å². The lowest BCUT2D eigenvalue weighted by Crippen LogP contribution is -2.55. The van der Waals surface area contributed by atoms with Crippen LogP contribution in [0.5, 0.6) is 0 Å². The fourth-order valence-corrected chi connectivity index (χ4v) is 7.20. The third-order valence-electron chi connectivity index (χ3n) is 9.83. The van der Waals surface area contributed by atoms with Crippen molar-refractivity contribution >= 4 is 30.0 Å². The number of methoxy groups -OCH3 is 1.